The van der Waals surface area contributed by atoms with Gasteiger partial charge in [0.05, 0.1) is 24.1 Å². The molecule has 1 saturated heterocycles. The van der Waals surface area contributed by atoms with E-state index in [0.717, 1.165) is 11.1 Å². The van der Waals surface area contributed by atoms with Crippen LogP contribution < -0.4 is 5.32 Å². The van der Waals surface area contributed by atoms with Gasteiger partial charge in [-0.15, -0.1) is 0 Å². The van der Waals surface area contributed by atoms with Crippen LogP contribution in [-0.4, -0.2) is 52.8 Å². The summed E-state index contributed by atoms with van der Waals surface area (Å²) in [4.78, 5) is 26.1. The fraction of sp³-hybridized carbons (Fsp3) is 0.421. The van der Waals surface area contributed by atoms with Crippen molar-refractivity contribution < 1.29 is 14.3 Å². The van der Waals surface area contributed by atoms with Crippen molar-refractivity contribution in [3.63, 3.8) is 0 Å². The first-order valence-electron chi connectivity index (χ1n) is 8.91. The topological polar surface area (TPSA) is 87.3 Å². The zero-order valence-corrected chi connectivity index (χ0v) is 15.1. The number of hydrogen-bond acceptors (Lipinski definition) is 4. The molecular formula is C19H24N4O3. The minimum absolute atomic E-state index is 0.0361. The van der Waals surface area contributed by atoms with Gasteiger partial charge in [0.15, 0.2) is 0 Å². The van der Waals surface area contributed by atoms with Crippen LogP contribution in [0.2, 0.25) is 0 Å². The van der Waals surface area contributed by atoms with Crippen LogP contribution in [0, 0.1) is 6.92 Å². The molecule has 1 aliphatic heterocycles. The smallest absolute Gasteiger partial charge is 0.409 e. The quantitative estimate of drug-likeness (QED) is 0.882. The summed E-state index contributed by atoms with van der Waals surface area (Å²) in [6.45, 7) is 5.35. The Morgan fingerprint density at radius 1 is 1.27 bits per heavy atom. The Morgan fingerprint density at radius 2 is 1.96 bits per heavy atom. The molecule has 0 radical (unpaired) electrons. The highest BCUT2D eigenvalue weighted by Crippen LogP contribution is 2.22. The lowest BCUT2D eigenvalue weighted by Crippen LogP contribution is -2.46. The molecule has 1 aromatic heterocycles. The first kappa shape index (κ1) is 18.0. The van der Waals surface area contributed by atoms with Crippen molar-refractivity contribution in [2.75, 3.05) is 19.7 Å². The molecule has 0 aliphatic carbocycles. The van der Waals surface area contributed by atoms with E-state index in [-0.39, 0.29) is 18.0 Å². The van der Waals surface area contributed by atoms with Gasteiger partial charge in [0.1, 0.15) is 0 Å². The number of likely N-dealkylation sites (tertiary alicyclic amines) is 1. The lowest BCUT2D eigenvalue weighted by molar-refractivity contribution is 0.0860. The fourth-order valence-electron chi connectivity index (χ4n) is 3.08. The molecule has 0 unspecified atom stereocenters. The summed E-state index contributed by atoms with van der Waals surface area (Å²) in [5.41, 5.74) is 3.33. The standard InChI is InChI=1S/C19H24N4O3/c1-3-26-19(25)23-10-8-15(9-11-23)21-18(24)16-12-20-22-17(16)14-6-4-13(2)5-7-14/h4-7,12,15H,3,8-11H2,1-2H3,(H,20,22)(H,21,24). The molecule has 26 heavy (non-hydrogen) atoms. The van der Waals surface area contributed by atoms with E-state index in [1.165, 1.54) is 0 Å². The summed E-state index contributed by atoms with van der Waals surface area (Å²) < 4.78 is 5.02. The van der Waals surface area contributed by atoms with E-state index in [2.05, 4.69) is 15.5 Å². The Kier molecular flexibility index (Phi) is 5.55. The van der Waals surface area contributed by atoms with Gasteiger partial charge in [-0.05, 0) is 26.7 Å². The highest BCUT2D eigenvalue weighted by atomic mass is 16.6. The van der Waals surface area contributed by atoms with Crippen LogP contribution in [0.4, 0.5) is 4.79 Å². The van der Waals surface area contributed by atoms with Crippen molar-refractivity contribution in [1.82, 2.24) is 20.4 Å². The second-order valence-electron chi connectivity index (χ2n) is 6.46. The van der Waals surface area contributed by atoms with Crippen molar-refractivity contribution in [1.29, 1.82) is 0 Å². The molecule has 0 spiro atoms. The molecule has 2 aromatic rings. The molecule has 138 valence electrons. The number of ether oxygens (including phenoxy) is 1. The van der Waals surface area contributed by atoms with E-state index in [1.54, 1.807) is 18.0 Å². The summed E-state index contributed by atoms with van der Waals surface area (Å²) in [5.74, 6) is -0.149. The minimum atomic E-state index is -0.284. The predicted octanol–water partition coefficient (Wildman–Crippen LogP) is 2.74. The third kappa shape index (κ3) is 4.04. The number of piperidine rings is 1. The molecular weight excluding hydrogens is 332 g/mol. The average Bonchev–Trinajstić information content (AvgIpc) is 3.13. The van der Waals surface area contributed by atoms with Gasteiger partial charge in [-0.3, -0.25) is 9.89 Å². The minimum Gasteiger partial charge on any atom is -0.450 e. The van der Waals surface area contributed by atoms with Crippen LogP contribution in [0.3, 0.4) is 0 Å². The maximum Gasteiger partial charge on any atom is 0.409 e. The van der Waals surface area contributed by atoms with Gasteiger partial charge in [0.25, 0.3) is 5.91 Å². The number of nitrogens with zero attached hydrogens (tertiary/aromatic N) is 2. The summed E-state index contributed by atoms with van der Waals surface area (Å²) in [7, 11) is 0. The van der Waals surface area contributed by atoms with Gasteiger partial charge in [-0.1, -0.05) is 29.8 Å². The fourth-order valence-corrected chi connectivity index (χ4v) is 3.08. The number of hydrogen-bond donors (Lipinski definition) is 2. The molecule has 1 aliphatic rings. The van der Waals surface area contributed by atoms with E-state index in [1.807, 2.05) is 31.2 Å². The number of aromatic nitrogens is 2. The SMILES string of the molecule is CCOC(=O)N1CCC(NC(=O)c2cn[nH]c2-c2ccc(C)cc2)CC1. The maximum absolute atomic E-state index is 12.7. The van der Waals surface area contributed by atoms with Gasteiger partial charge in [-0.2, -0.15) is 5.10 Å². The summed E-state index contributed by atoms with van der Waals surface area (Å²) >= 11 is 0. The monoisotopic (exact) mass is 356 g/mol. The summed E-state index contributed by atoms with van der Waals surface area (Å²) in [6, 6.07) is 7.98. The summed E-state index contributed by atoms with van der Waals surface area (Å²) in [5, 5.41) is 10.0. The van der Waals surface area contributed by atoms with Crippen molar-refractivity contribution in [3.05, 3.63) is 41.6 Å². The lowest BCUT2D eigenvalue weighted by atomic mass is 10.0. The number of rotatable bonds is 4. The Bertz CT molecular complexity index is 761. The predicted molar refractivity (Wildman–Crippen MR) is 97.8 cm³/mol. The van der Waals surface area contributed by atoms with Gasteiger partial charge in [0.2, 0.25) is 0 Å². The highest BCUT2D eigenvalue weighted by molar-refractivity contribution is 5.99. The summed E-state index contributed by atoms with van der Waals surface area (Å²) in [6.07, 6.45) is 2.69. The van der Waals surface area contributed by atoms with Crippen molar-refractivity contribution >= 4 is 12.0 Å². The number of amides is 2. The molecule has 0 saturated carbocycles. The second kappa shape index (κ2) is 8.03. The first-order valence-corrected chi connectivity index (χ1v) is 8.91. The van der Waals surface area contributed by atoms with E-state index >= 15 is 0 Å². The van der Waals surface area contributed by atoms with E-state index < -0.39 is 0 Å². The molecule has 1 aromatic carbocycles. The molecule has 2 amide bonds. The van der Waals surface area contributed by atoms with Crippen LogP contribution in [0.25, 0.3) is 11.3 Å². The number of carbonyl (C=O) groups is 2. The molecule has 0 atom stereocenters. The number of aryl methyl sites for hydroxylation is 1. The van der Waals surface area contributed by atoms with Crippen molar-refractivity contribution in [2.45, 2.75) is 32.7 Å². The highest BCUT2D eigenvalue weighted by Gasteiger charge is 2.26. The van der Waals surface area contributed by atoms with Crippen LogP contribution in [0.1, 0.15) is 35.7 Å². The first-order chi connectivity index (χ1) is 12.6. The number of nitrogens with one attached hydrogen (secondary N) is 2. The normalized spacial score (nSPS) is 14.9. The molecule has 2 N–H and O–H groups in total. The van der Waals surface area contributed by atoms with Crippen LogP contribution in [-0.2, 0) is 4.74 Å². The van der Waals surface area contributed by atoms with E-state index in [9.17, 15) is 9.59 Å². The molecule has 7 heteroatoms. The number of aromatic amines is 1. The van der Waals surface area contributed by atoms with E-state index in [4.69, 9.17) is 4.74 Å². The zero-order chi connectivity index (χ0) is 18.5. The Labute approximate surface area is 152 Å². The van der Waals surface area contributed by atoms with Crippen molar-refractivity contribution in [2.24, 2.45) is 0 Å². The molecule has 0 bridgehead atoms. The van der Waals surface area contributed by atoms with Gasteiger partial charge in [-0.25, -0.2) is 4.79 Å². The maximum atomic E-state index is 12.7. The Morgan fingerprint density at radius 3 is 2.62 bits per heavy atom. The number of H-pyrrole nitrogens is 1. The third-order valence-corrected chi connectivity index (χ3v) is 4.58. The Hall–Kier alpha value is -2.83. The van der Waals surface area contributed by atoms with Crippen LogP contribution in [0.5, 0.6) is 0 Å². The van der Waals surface area contributed by atoms with E-state index in [0.29, 0.717) is 43.8 Å². The Balaban J connectivity index is 1.61. The number of benzene rings is 1. The van der Waals surface area contributed by atoms with Crippen LogP contribution in [0.15, 0.2) is 30.5 Å². The molecule has 1 fully saturated rings. The van der Waals surface area contributed by atoms with Gasteiger partial charge < -0.3 is 15.0 Å². The third-order valence-electron chi connectivity index (χ3n) is 4.58. The molecule has 2 heterocycles. The van der Waals surface area contributed by atoms with Crippen molar-refractivity contribution in [3.8, 4) is 11.3 Å². The van der Waals surface area contributed by atoms with Gasteiger partial charge >= 0.3 is 6.09 Å². The van der Waals surface area contributed by atoms with Gasteiger partial charge in [0, 0.05) is 24.7 Å². The zero-order valence-electron chi connectivity index (χ0n) is 15.1. The molecule has 3 rings (SSSR count). The second-order valence-corrected chi connectivity index (χ2v) is 6.46. The average molecular weight is 356 g/mol. The van der Waals surface area contributed by atoms with Crippen LogP contribution >= 0.6 is 0 Å². The largest absolute Gasteiger partial charge is 0.450 e. The lowest BCUT2D eigenvalue weighted by Gasteiger charge is -2.31. The number of carbonyl (C=O) groups excluding carboxylic acids is 2. The molecule has 7 nitrogen and oxygen atoms in total.